The van der Waals surface area contributed by atoms with Crippen LogP contribution < -0.4 is 10.1 Å². The first-order chi connectivity index (χ1) is 14.6. The number of aryl methyl sites for hydroxylation is 2. The number of aromatic nitrogens is 4. The van der Waals surface area contributed by atoms with Crippen LogP contribution in [0.4, 0.5) is 0 Å². The number of carbonyl (C=O) groups is 1. The summed E-state index contributed by atoms with van der Waals surface area (Å²) in [4.78, 5) is 22.3. The Kier molecular flexibility index (Phi) is 6.07. The van der Waals surface area contributed by atoms with Crippen LogP contribution >= 0.6 is 0 Å². The largest absolute Gasteiger partial charge is 0.478 e. The third-order valence-corrected chi connectivity index (χ3v) is 5.44. The Morgan fingerprint density at radius 1 is 1.20 bits per heavy atom. The number of hydrogen-bond donors (Lipinski definition) is 1. The highest BCUT2D eigenvalue weighted by Crippen LogP contribution is 2.31. The maximum atomic E-state index is 12.8. The molecule has 3 aromatic rings. The summed E-state index contributed by atoms with van der Waals surface area (Å²) in [7, 11) is 1.87. The van der Waals surface area contributed by atoms with Gasteiger partial charge in [-0.3, -0.25) is 9.48 Å². The summed E-state index contributed by atoms with van der Waals surface area (Å²) in [5.41, 5.74) is 4.00. The van der Waals surface area contributed by atoms with Crippen LogP contribution in [0.15, 0.2) is 42.7 Å². The van der Waals surface area contributed by atoms with Crippen molar-refractivity contribution in [3.05, 3.63) is 59.5 Å². The molecule has 7 nitrogen and oxygen atoms in total. The highest BCUT2D eigenvalue weighted by atomic mass is 16.5. The van der Waals surface area contributed by atoms with E-state index in [9.17, 15) is 4.79 Å². The molecule has 0 saturated heterocycles. The fraction of sp³-hybridized carbons (Fsp3) is 0.391. The highest BCUT2D eigenvalue weighted by molar-refractivity contribution is 5.78. The molecule has 2 aromatic heterocycles. The molecule has 0 radical (unpaired) electrons. The van der Waals surface area contributed by atoms with Gasteiger partial charge in [0.1, 0.15) is 0 Å². The Morgan fingerprint density at radius 3 is 2.73 bits per heavy atom. The van der Waals surface area contributed by atoms with E-state index in [1.165, 1.54) is 0 Å². The molecule has 0 bridgehead atoms. The number of carbonyl (C=O) groups excluding carboxylic acids is 1. The molecule has 1 amide bonds. The normalized spacial score (nSPS) is 15.9. The van der Waals surface area contributed by atoms with E-state index in [0.717, 1.165) is 48.1 Å². The molecular formula is C23H27N5O2. The molecule has 156 valence electrons. The number of hydrogen-bond acceptors (Lipinski definition) is 5. The summed E-state index contributed by atoms with van der Waals surface area (Å²) in [6.07, 6.45) is 6.70. The monoisotopic (exact) mass is 405 g/mol. The molecule has 7 heteroatoms. The van der Waals surface area contributed by atoms with E-state index < -0.39 is 0 Å². The van der Waals surface area contributed by atoms with Crippen LogP contribution in [-0.2, 0) is 31.2 Å². The molecule has 1 N–H and O–H groups in total. The Hall–Kier alpha value is -3.22. The van der Waals surface area contributed by atoms with Gasteiger partial charge < -0.3 is 10.1 Å². The van der Waals surface area contributed by atoms with Crippen molar-refractivity contribution < 1.29 is 9.53 Å². The molecule has 2 heterocycles. The Balaban J connectivity index is 1.50. The van der Waals surface area contributed by atoms with Crippen molar-refractivity contribution in [3.8, 4) is 17.3 Å². The Bertz CT molecular complexity index is 1020. The number of fused-ring (bicyclic) bond motifs is 1. The lowest BCUT2D eigenvalue weighted by atomic mass is 9.99. The number of benzene rings is 1. The molecule has 30 heavy (non-hydrogen) atoms. The predicted molar refractivity (Wildman–Crippen MR) is 114 cm³/mol. The minimum Gasteiger partial charge on any atom is -0.478 e. The van der Waals surface area contributed by atoms with Gasteiger partial charge in [-0.15, -0.1) is 0 Å². The van der Waals surface area contributed by atoms with Crippen LogP contribution in [0.5, 0.6) is 5.88 Å². The number of ether oxygens (including phenoxy) is 1. The van der Waals surface area contributed by atoms with Crippen LogP contribution in [0, 0.1) is 5.92 Å². The van der Waals surface area contributed by atoms with Gasteiger partial charge in [0.2, 0.25) is 11.8 Å². The Labute approximate surface area is 176 Å². The number of rotatable bonds is 6. The molecule has 0 saturated carbocycles. The topological polar surface area (TPSA) is 81.9 Å². The second-order valence-electron chi connectivity index (χ2n) is 7.59. The lowest BCUT2D eigenvalue weighted by molar-refractivity contribution is -0.125. The van der Waals surface area contributed by atoms with Crippen molar-refractivity contribution in [1.82, 2.24) is 25.1 Å². The predicted octanol–water partition coefficient (Wildman–Crippen LogP) is 3.09. The zero-order valence-electron chi connectivity index (χ0n) is 17.5. The van der Waals surface area contributed by atoms with Crippen LogP contribution in [0.3, 0.4) is 0 Å². The molecule has 1 unspecified atom stereocenters. The van der Waals surface area contributed by atoms with E-state index in [2.05, 4.69) is 10.4 Å². The summed E-state index contributed by atoms with van der Waals surface area (Å²) in [5.74, 6) is 1.36. The number of amides is 1. The molecule has 1 aliphatic rings. The van der Waals surface area contributed by atoms with Crippen LogP contribution in [0.25, 0.3) is 11.4 Å². The van der Waals surface area contributed by atoms with Gasteiger partial charge in [-0.25, -0.2) is 4.98 Å². The van der Waals surface area contributed by atoms with Crippen LogP contribution in [0.1, 0.15) is 36.6 Å². The van der Waals surface area contributed by atoms with Crippen molar-refractivity contribution in [1.29, 1.82) is 0 Å². The van der Waals surface area contributed by atoms with E-state index in [1.54, 1.807) is 10.9 Å². The minimum absolute atomic E-state index is 0.0504. The average molecular weight is 406 g/mol. The zero-order chi connectivity index (χ0) is 20.9. The molecule has 1 atom stereocenters. The summed E-state index contributed by atoms with van der Waals surface area (Å²) in [6, 6.07) is 9.94. The van der Waals surface area contributed by atoms with Gasteiger partial charge in [0.25, 0.3) is 0 Å². The van der Waals surface area contributed by atoms with Crippen molar-refractivity contribution in [2.45, 2.75) is 39.2 Å². The maximum absolute atomic E-state index is 12.8. The summed E-state index contributed by atoms with van der Waals surface area (Å²) < 4.78 is 7.60. The van der Waals surface area contributed by atoms with Crippen LogP contribution in [-0.4, -0.2) is 32.3 Å². The van der Waals surface area contributed by atoms with Crippen molar-refractivity contribution >= 4 is 5.91 Å². The lowest BCUT2D eigenvalue weighted by Crippen LogP contribution is -2.30. The second-order valence-corrected chi connectivity index (χ2v) is 7.59. The molecule has 0 fully saturated rings. The Morgan fingerprint density at radius 2 is 2.00 bits per heavy atom. The lowest BCUT2D eigenvalue weighted by Gasteiger charge is -2.14. The van der Waals surface area contributed by atoms with Gasteiger partial charge in [-0.05, 0) is 32.6 Å². The summed E-state index contributed by atoms with van der Waals surface area (Å²) >= 11 is 0. The average Bonchev–Trinajstić information content (AvgIpc) is 3.06. The van der Waals surface area contributed by atoms with E-state index in [1.807, 2.05) is 50.5 Å². The third kappa shape index (κ3) is 4.50. The number of nitrogens with one attached hydrogen (secondary N) is 1. The summed E-state index contributed by atoms with van der Waals surface area (Å²) in [6.45, 7) is 3.01. The smallest absolute Gasteiger partial charge is 0.223 e. The first-order valence-corrected chi connectivity index (χ1v) is 10.5. The molecule has 1 aromatic carbocycles. The standard InChI is InChI=1S/C23H27N5O2/c1-3-30-23-19-11-9-18(22(29)24-13-16-14-25-28(2)15-16)10-12-20(19)26-21(27-23)17-7-5-4-6-8-17/h4-8,14-15,18H,3,9-13H2,1-2H3,(H,24,29). The SMILES string of the molecule is CCOc1nc(-c2ccccc2)nc2c1CCC(C(=O)NCc1cnn(C)c1)CC2. The van der Waals surface area contributed by atoms with E-state index in [-0.39, 0.29) is 11.8 Å². The summed E-state index contributed by atoms with van der Waals surface area (Å²) in [5, 5.41) is 7.20. The molecule has 0 aliphatic heterocycles. The van der Waals surface area contributed by atoms with E-state index in [4.69, 9.17) is 14.7 Å². The second kappa shape index (κ2) is 9.07. The quantitative estimate of drug-likeness (QED) is 0.638. The third-order valence-electron chi connectivity index (χ3n) is 5.44. The molecule has 4 rings (SSSR count). The zero-order valence-corrected chi connectivity index (χ0v) is 17.5. The van der Waals surface area contributed by atoms with E-state index >= 15 is 0 Å². The highest BCUT2D eigenvalue weighted by Gasteiger charge is 2.26. The van der Waals surface area contributed by atoms with Crippen LogP contribution in [0.2, 0.25) is 0 Å². The van der Waals surface area contributed by atoms with Gasteiger partial charge in [-0.2, -0.15) is 10.1 Å². The van der Waals surface area contributed by atoms with Gasteiger partial charge in [-0.1, -0.05) is 30.3 Å². The maximum Gasteiger partial charge on any atom is 0.223 e. The fourth-order valence-corrected chi connectivity index (χ4v) is 3.87. The van der Waals surface area contributed by atoms with Gasteiger partial charge in [0, 0.05) is 42.4 Å². The minimum atomic E-state index is -0.0504. The first kappa shape index (κ1) is 20.1. The van der Waals surface area contributed by atoms with Gasteiger partial charge >= 0.3 is 0 Å². The van der Waals surface area contributed by atoms with Gasteiger partial charge in [0.05, 0.1) is 18.5 Å². The first-order valence-electron chi connectivity index (χ1n) is 10.5. The molecular weight excluding hydrogens is 378 g/mol. The van der Waals surface area contributed by atoms with Crippen molar-refractivity contribution in [3.63, 3.8) is 0 Å². The van der Waals surface area contributed by atoms with Crippen molar-refractivity contribution in [2.24, 2.45) is 13.0 Å². The molecule has 0 spiro atoms. The fourth-order valence-electron chi connectivity index (χ4n) is 3.87. The van der Waals surface area contributed by atoms with E-state index in [0.29, 0.717) is 24.9 Å². The van der Waals surface area contributed by atoms with Crippen molar-refractivity contribution in [2.75, 3.05) is 6.61 Å². The molecule has 1 aliphatic carbocycles. The van der Waals surface area contributed by atoms with Gasteiger partial charge in [0.15, 0.2) is 5.82 Å². The number of nitrogens with zero attached hydrogens (tertiary/aromatic N) is 4.